The van der Waals surface area contributed by atoms with Gasteiger partial charge in [0.05, 0.1) is 10.4 Å². The van der Waals surface area contributed by atoms with Crippen LogP contribution in [0.4, 0.5) is 0 Å². The molecule has 1 fully saturated rings. The molecule has 1 aliphatic heterocycles. The number of amides is 1. The highest BCUT2D eigenvalue weighted by Crippen LogP contribution is 2.32. The van der Waals surface area contributed by atoms with Gasteiger partial charge < -0.3 is 5.32 Å². The van der Waals surface area contributed by atoms with E-state index in [-0.39, 0.29) is 16.2 Å². The molecule has 1 aliphatic rings. The van der Waals surface area contributed by atoms with E-state index in [1.54, 1.807) is 6.07 Å². The lowest BCUT2D eigenvalue weighted by Crippen LogP contribution is -2.46. The highest BCUT2D eigenvalue weighted by molar-refractivity contribution is 9.10. The molecule has 0 unspecified atom stereocenters. The van der Waals surface area contributed by atoms with Gasteiger partial charge in [-0.1, -0.05) is 39.7 Å². The minimum absolute atomic E-state index is 0.170. The van der Waals surface area contributed by atoms with Crippen molar-refractivity contribution in [2.45, 2.75) is 36.1 Å². The summed E-state index contributed by atoms with van der Waals surface area (Å²) in [5.74, 6) is -0.274. The Hall–Kier alpha value is -0.930. The van der Waals surface area contributed by atoms with E-state index >= 15 is 0 Å². The molecule has 2 aromatic rings. The number of sulfonamides is 1. The van der Waals surface area contributed by atoms with Crippen LogP contribution in [0.1, 0.15) is 31.4 Å². The third-order valence-corrected chi connectivity index (χ3v) is 8.48. The number of benzene rings is 1. The van der Waals surface area contributed by atoms with Gasteiger partial charge in [-0.3, -0.25) is 4.79 Å². The first kappa shape index (κ1) is 19.8. The fourth-order valence-electron chi connectivity index (χ4n) is 2.99. The van der Waals surface area contributed by atoms with Crippen molar-refractivity contribution in [1.29, 1.82) is 0 Å². The summed E-state index contributed by atoms with van der Waals surface area (Å²) in [4.78, 5) is 12.7. The molecular weight excluding hydrogens is 460 g/mol. The number of nitrogens with zero attached hydrogens (tertiary/aromatic N) is 1. The van der Waals surface area contributed by atoms with Crippen LogP contribution in [0.25, 0.3) is 0 Å². The average molecular weight is 478 g/mol. The van der Waals surface area contributed by atoms with E-state index in [0.29, 0.717) is 23.7 Å². The number of hydrogen-bond acceptors (Lipinski definition) is 4. The molecule has 1 saturated heterocycles. The van der Waals surface area contributed by atoms with E-state index in [1.165, 1.54) is 10.4 Å². The first-order valence-corrected chi connectivity index (χ1v) is 11.5. The number of carbonyl (C=O) groups is 1. The lowest BCUT2D eigenvalue weighted by Gasteiger charge is -2.24. The zero-order valence-corrected chi connectivity index (χ0v) is 18.0. The molecule has 1 amide bonds. The molecule has 2 heterocycles. The Morgan fingerprint density at radius 1 is 1.31 bits per heavy atom. The van der Waals surface area contributed by atoms with Crippen LogP contribution in [-0.2, 0) is 14.8 Å². The molecule has 5 nitrogen and oxygen atoms in total. The summed E-state index contributed by atoms with van der Waals surface area (Å²) >= 11 is 10.3. The Kier molecular flexibility index (Phi) is 6.08. The number of halogens is 2. The Morgan fingerprint density at radius 2 is 2.00 bits per heavy atom. The van der Waals surface area contributed by atoms with Gasteiger partial charge in [-0.05, 0) is 49.6 Å². The summed E-state index contributed by atoms with van der Waals surface area (Å²) in [5, 5.41) is 2.93. The minimum Gasteiger partial charge on any atom is -0.348 e. The molecule has 0 aliphatic carbocycles. The summed E-state index contributed by atoms with van der Waals surface area (Å²) in [7, 11) is -3.72. The van der Waals surface area contributed by atoms with E-state index in [4.69, 9.17) is 11.6 Å². The van der Waals surface area contributed by atoms with Crippen LogP contribution in [0.5, 0.6) is 0 Å². The van der Waals surface area contributed by atoms with Gasteiger partial charge in [0.15, 0.2) is 0 Å². The standard InChI is InChI=1S/C17H18BrClN2O3S2/c1-11(12-4-6-13(18)7-5-12)20-17(22)14-3-2-10-21(14)26(23,24)16-9-8-15(19)25-16/h4-9,11,14H,2-3,10H2,1H3,(H,20,22)/t11-,14+/m1/s1. The summed E-state index contributed by atoms with van der Waals surface area (Å²) < 4.78 is 28.5. The Labute approximate surface area is 170 Å². The molecule has 140 valence electrons. The van der Waals surface area contributed by atoms with E-state index in [1.807, 2.05) is 31.2 Å². The topological polar surface area (TPSA) is 66.5 Å². The van der Waals surface area contributed by atoms with Gasteiger partial charge in [-0.25, -0.2) is 8.42 Å². The molecule has 3 rings (SSSR count). The van der Waals surface area contributed by atoms with Crippen molar-refractivity contribution in [1.82, 2.24) is 9.62 Å². The second-order valence-electron chi connectivity index (χ2n) is 6.11. The fraction of sp³-hybridized carbons (Fsp3) is 0.353. The van der Waals surface area contributed by atoms with Crippen LogP contribution in [0, 0.1) is 0 Å². The Bertz CT molecular complexity index is 899. The molecule has 1 aromatic heterocycles. The van der Waals surface area contributed by atoms with Crippen molar-refractivity contribution < 1.29 is 13.2 Å². The smallest absolute Gasteiger partial charge is 0.253 e. The van der Waals surface area contributed by atoms with Gasteiger partial charge in [0, 0.05) is 11.0 Å². The van der Waals surface area contributed by atoms with Crippen LogP contribution in [0.15, 0.2) is 45.1 Å². The summed E-state index contributed by atoms with van der Waals surface area (Å²) in [6.07, 6.45) is 1.17. The predicted octanol–water partition coefficient (Wildman–Crippen LogP) is 4.19. The monoisotopic (exact) mass is 476 g/mol. The van der Waals surface area contributed by atoms with Crippen molar-refractivity contribution in [3.8, 4) is 0 Å². The van der Waals surface area contributed by atoms with Crippen LogP contribution in [0.3, 0.4) is 0 Å². The molecule has 1 aromatic carbocycles. The number of rotatable bonds is 5. The van der Waals surface area contributed by atoms with Gasteiger partial charge in [0.1, 0.15) is 10.3 Å². The van der Waals surface area contributed by atoms with E-state index in [0.717, 1.165) is 21.4 Å². The van der Waals surface area contributed by atoms with Crippen LogP contribution in [-0.4, -0.2) is 31.2 Å². The fourth-order valence-corrected chi connectivity index (χ4v) is 6.52. The number of hydrogen-bond donors (Lipinski definition) is 1. The van der Waals surface area contributed by atoms with Gasteiger partial charge in [0.2, 0.25) is 5.91 Å². The Morgan fingerprint density at radius 3 is 2.62 bits per heavy atom. The summed E-state index contributed by atoms with van der Waals surface area (Å²) in [6, 6.07) is 9.79. The molecule has 2 atom stereocenters. The molecule has 0 bridgehead atoms. The molecular formula is C17H18BrClN2O3S2. The van der Waals surface area contributed by atoms with Gasteiger partial charge in [-0.15, -0.1) is 11.3 Å². The maximum Gasteiger partial charge on any atom is 0.253 e. The minimum atomic E-state index is -3.72. The van der Waals surface area contributed by atoms with Crippen molar-refractivity contribution in [3.05, 3.63) is 50.8 Å². The zero-order chi connectivity index (χ0) is 18.9. The quantitative estimate of drug-likeness (QED) is 0.702. The third kappa shape index (κ3) is 4.14. The first-order valence-electron chi connectivity index (χ1n) is 8.12. The first-order chi connectivity index (χ1) is 12.3. The normalized spacial score (nSPS) is 19.4. The summed E-state index contributed by atoms with van der Waals surface area (Å²) in [6.45, 7) is 2.22. The largest absolute Gasteiger partial charge is 0.348 e. The second kappa shape index (κ2) is 7.98. The highest BCUT2D eigenvalue weighted by Gasteiger charge is 2.40. The van der Waals surface area contributed by atoms with Crippen LogP contribution in [0.2, 0.25) is 4.34 Å². The van der Waals surface area contributed by atoms with Crippen molar-refractivity contribution >= 4 is 54.8 Å². The third-order valence-electron chi connectivity index (χ3n) is 4.35. The maximum absolute atomic E-state index is 12.8. The molecule has 26 heavy (non-hydrogen) atoms. The van der Waals surface area contributed by atoms with Crippen molar-refractivity contribution in [3.63, 3.8) is 0 Å². The molecule has 0 saturated carbocycles. The zero-order valence-electron chi connectivity index (χ0n) is 14.0. The van der Waals surface area contributed by atoms with Gasteiger partial charge in [0.25, 0.3) is 10.0 Å². The lowest BCUT2D eigenvalue weighted by molar-refractivity contribution is -0.124. The maximum atomic E-state index is 12.8. The second-order valence-corrected chi connectivity index (χ2v) is 10.9. The molecule has 0 spiro atoms. The average Bonchev–Trinajstić information content (AvgIpc) is 3.24. The highest BCUT2D eigenvalue weighted by atomic mass is 79.9. The van der Waals surface area contributed by atoms with E-state index < -0.39 is 16.1 Å². The summed E-state index contributed by atoms with van der Waals surface area (Å²) in [5.41, 5.74) is 0.957. The number of nitrogens with one attached hydrogen (secondary N) is 1. The predicted molar refractivity (Wildman–Crippen MR) is 107 cm³/mol. The van der Waals surface area contributed by atoms with E-state index in [9.17, 15) is 13.2 Å². The molecule has 9 heteroatoms. The van der Waals surface area contributed by atoms with Crippen LogP contribution >= 0.6 is 38.9 Å². The molecule has 1 N–H and O–H groups in total. The molecule has 0 radical (unpaired) electrons. The van der Waals surface area contributed by atoms with Crippen LogP contribution < -0.4 is 5.32 Å². The van der Waals surface area contributed by atoms with Crippen molar-refractivity contribution in [2.75, 3.05) is 6.54 Å². The van der Waals surface area contributed by atoms with Crippen molar-refractivity contribution in [2.24, 2.45) is 0 Å². The Balaban J connectivity index is 1.75. The SMILES string of the molecule is C[C@@H](NC(=O)[C@@H]1CCCN1S(=O)(=O)c1ccc(Cl)s1)c1ccc(Br)cc1. The lowest BCUT2D eigenvalue weighted by atomic mass is 10.1. The van der Waals surface area contributed by atoms with E-state index in [2.05, 4.69) is 21.2 Å². The van der Waals surface area contributed by atoms with Gasteiger partial charge in [-0.2, -0.15) is 4.31 Å². The van der Waals surface area contributed by atoms with Gasteiger partial charge >= 0.3 is 0 Å². The number of thiophene rings is 1. The number of carbonyl (C=O) groups excluding carboxylic acids is 1.